The second-order valence-corrected chi connectivity index (χ2v) is 4.95. The summed E-state index contributed by atoms with van der Waals surface area (Å²) < 4.78 is 0. The average molecular weight is 307 g/mol. The van der Waals surface area contributed by atoms with Gasteiger partial charge in [-0.15, -0.1) is 0 Å². The van der Waals surface area contributed by atoms with Crippen LogP contribution >= 0.6 is 11.8 Å². The van der Waals surface area contributed by atoms with Gasteiger partial charge in [0.15, 0.2) is 0 Å². The highest BCUT2D eigenvalue weighted by atomic mass is 32.2. The summed E-state index contributed by atoms with van der Waals surface area (Å²) in [6.07, 6.45) is 1.19. The van der Waals surface area contributed by atoms with Gasteiger partial charge in [-0.3, -0.25) is 24.6 Å². The van der Waals surface area contributed by atoms with Crippen molar-refractivity contribution >= 4 is 40.6 Å². The van der Waals surface area contributed by atoms with Gasteiger partial charge in [0, 0.05) is 6.07 Å². The Labute approximate surface area is 122 Å². The van der Waals surface area contributed by atoms with Crippen LogP contribution in [-0.4, -0.2) is 33.5 Å². The van der Waals surface area contributed by atoms with Crippen molar-refractivity contribution in [1.82, 2.24) is 4.90 Å². The van der Waals surface area contributed by atoms with E-state index >= 15 is 0 Å². The summed E-state index contributed by atoms with van der Waals surface area (Å²) in [5, 5.41) is 20.6. The molecule has 1 aliphatic heterocycles. The van der Waals surface area contributed by atoms with E-state index in [9.17, 15) is 29.6 Å². The highest BCUT2D eigenvalue weighted by Crippen LogP contribution is 2.33. The van der Waals surface area contributed by atoms with Gasteiger partial charge < -0.3 is 9.90 Å². The fraction of sp³-hybridized carbons (Fsp3) is 0.0833. The summed E-state index contributed by atoms with van der Waals surface area (Å²) in [6, 6.07) is 5.70. The fourth-order valence-corrected chi connectivity index (χ4v) is 2.51. The van der Waals surface area contributed by atoms with E-state index in [0.29, 0.717) is 16.7 Å². The molecule has 1 saturated heterocycles. The lowest BCUT2D eigenvalue weighted by atomic mass is 10.1. The Morgan fingerprint density at radius 1 is 1.33 bits per heavy atom. The van der Waals surface area contributed by atoms with Crippen molar-refractivity contribution in [2.45, 2.75) is 0 Å². The highest BCUT2D eigenvalue weighted by Gasteiger charge is 2.35. The van der Waals surface area contributed by atoms with E-state index in [-0.39, 0.29) is 16.2 Å². The molecule has 0 atom stereocenters. The number of benzene rings is 1. The van der Waals surface area contributed by atoms with E-state index in [0.717, 1.165) is 0 Å². The number of nitro benzene ring substituents is 1. The molecule has 21 heavy (non-hydrogen) atoms. The molecular weight excluding hydrogens is 300 g/mol. The maximum absolute atomic E-state index is 11.9. The zero-order valence-corrected chi connectivity index (χ0v) is 11.2. The van der Waals surface area contributed by atoms with E-state index in [1.54, 1.807) is 6.07 Å². The molecule has 2 rings (SSSR count). The molecule has 108 valence electrons. The molecule has 0 bridgehead atoms. The number of rotatable bonds is 4. The maximum atomic E-state index is 11.9. The van der Waals surface area contributed by atoms with E-state index in [1.165, 1.54) is 24.3 Å². The van der Waals surface area contributed by atoms with Gasteiger partial charge in [-0.05, 0) is 23.9 Å². The first-order valence-corrected chi connectivity index (χ1v) is 6.40. The number of carbonyl (C=O) groups excluding carboxylic acids is 3. The Hall–Kier alpha value is -2.68. The molecule has 9 heteroatoms. The number of carbonyl (C=O) groups is 3. The number of carboxylic acid groups (broad SMARTS) is 1. The SMILES string of the molecule is O=C([O-])CN1C(=O)S/C(=C\c2ccccc2[N+](=O)[O-])C1=O. The minimum Gasteiger partial charge on any atom is -0.548 e. The zero-order valence-electron chi connectivity index (χ0n) is 10.3. The number of imide groups is 1. The summed E-state index contributed by atoms with van der Waals surface area (Å²) in [7, 11) is 0. The molecule has 0 spiro atoms. The van der Waals surface area contributed by atoms with Gasteiger partial charge in [0.2, 0.25) is 0 Å². The fourth-order valence-electron chi connectivity index (χ4n) is 1.68. The van der Waals surface area contributed by atoms with Crippen LogP contribution in [-0.2, 0) is 9.59 Å². The molecule has 0 aromatic heterocycles. The minimum absolute atomic E-state index is 0.0736. The largest absolute Gasteiger partial charge is 0.548 e. The lowest BCUT2D eigenvalue weighted by Crippen LogP contribution is -2.40. The van der Waals surface area contributed by atoms with Crippen LogP contribution in [0.15, 0.2) is 29.2 Å². The van der Waals surface area contributed by atoms with Gasteiger partial charge in [-0.1, -0.05) is 12.1 Å². The van der Waals surface area contributed by atoms with Crippen LogP contribution in [0.25, 0.3) is 6.08 Å². The third-order valence-corrected chi connectivity index (χ3v) is 3.49. The number of nitro groups is 1. The summed E-state index contributed by atoms with van der Waals surface area (Å²) in [5.41, 5.74) is -0.0642. The Kier molecular flexibility index (Phi) is 4.03. The first-order valence-electron chi connectivity index (χ1n) is 5.59. The Bertz CT molecular complexity index is 684. The van der Waals surface area contributed by atoms with Crippen molar-refractivity contribution in [1.29, 1.82) is 0 Å². The number of hydrogen-bond acceptors (Lipinski definition) is 7. The van der Waals surface area contributed by atoms with E-state index < -0.39 is 28.6 Å². The van der Waals surface area contributed by atoms with E-state index in [4.69, 9.17) is 0 Å². The monoisotopic (exact) mass is 307 g/mol. The predicted octanol–water partition coefficient (Wildman–Crippen LogP) is 0.381. The van der Waals surface area contributed by atoms with Gasteiger partial charge in [-0.25, -0.2) is 0 Å². The quantitative estimate of drug-likeness (QED) is 0.448. The Morgan fingerprint density at radius 2 is 2.00 bits per heavy atom. The molecular formula is C12H7N2O6S-. The molecule has 0 saturated carbocycles. The smallest absolute Gasteiger partial charge is 0.293 e. The van der Waals surface area contributed by atoms with Crippen LogP contribution in [0.2, 0.25) is 0 Å². The van der Waals surface area contributed by atoms with Crippen molar-refractivity contribution < 1.29 is 24.4 Å². The number of aliphatic carboxylic acids is 1. The van der Waals surface area contributed by atoms with Crippen molar-refractivity contribution in [2.75, 3.05) is 6.54 Å². The number of hydrogen-bond donors (Lipinski definition) is 0. The topological polar surface area (TPSA) is 121 Å². The molecule has 1 aliphatic rings. The molecule has 1 fully saturated rings. The van der Waals surface area contributed by atoms with Crippen molar-refractivity contribution in [3.05, 3.63) is 44.8 Å². The molecule has 1 aromatic carbocycles. The summed E-state index contributed by atoms with van der Waals surface area (Å²) >= 11 is 0.524. The lowest BCUT2D eigenvalue weighted by molar-refractivity contribution is -0.385. The molecule has 0 N–H and O–H groups in total. The average Bonchev–Trinajstić information content (AvgIpc) is 2.66. The molecule has 0 aliphatic carbocycles. The third-order valence-electron chi connectivity index (χ3n) is 2.58. The minimum atomic E-state index is -1.57. The van der Waals surface area contributed by atoms with Crippen LogP contribution in [0.4, 0.5) is 10.5 Å². The van der Waals surface area contributed by atoms with Crippen molar-refractivity contribution in [3.63, 3.8) is 0 Å². The van der Waals surface area contributed by atoms with Crippen LogP contribution in [0, 0.1) is 10.1 Å². The second kappa shape index (κ2) is 5.75. The Morgan fingerprint density at radius 3 is 2.62 bits per heavy atom. The van der Waals surface area contributed by atoms with Crippen LogP contribution in [0.1, 0.15) is 5.56 Å². The second-order valence-electron chi connectivity index (χ2n) is 3.96. The highest BCUT2D eigenvalue weighted by molar-refractivity contribution is 8.18. The number of thioether (sulfide) groups is 1. The predicted molar refractivity (Wildman–Crippen MR) is 70.8 cm³/mol. The summed E-state index contributed by atoms with van der Waals surface area (Å²) in [5.74, 6) is -2.38. The molecule has 1 aromatic rings. The van der Waals surface area contributed by atoms with E-state index in [2.05, 4.69) is 0 Å². The molecule has 0 unspecified atom stereocenters. The van der Waals surface area contributed by atoms with Gasteiger partial charge >= 0.3 is 0 Å². The van der Waals surface area contributed by atoms with Gasteiger partial charge in [-0.2, -0.15) is 0 Å². The van der Waals surface area contributed by atoms with Gasteiger partial charge in [0.1, 0.15) is 0 Å². The standard InChI is InChI=1S/C12H8N2O6S/c15-10(16)6-13-11(17)9(21-12(13)18)5-7-3-1-2-4-8(7)14(19)20/h1-5H,6H2,(H,15,16)/p-1/b9-5-. The first-order chi connectivity index (χ1) is 9.90. The molecule has 8 nitrogen and oxygen atoms in total. The maximum Gasteiger partial charge on any atom is 0.293 e. The zero-order chi connectivity index (χ0) is 15.6. The van der Waals surface area contributed by atoms with Gasteiger partial charge in [0.05, 0.1) is 27.9 Å². The van der Waals surface area contributed by atoms with Crippen LogP contribution < -0.4 is 5.11 Å². The third kappa shape index (κ3) is 3.08. The number of amides is 2. The molecule has 0 radical (unpaired) electrons. The van der Waals surface area contributed by atoms with Gasteiger partial charge in [0.25, 0.3) is 16.8 Å². The van der Waals surface area contributed by atoms with Crippen LogP contribution in [0.3, 0.4) is 0 Å². The summed E-state index contributed by atoms with van der Waals surface area (Å²) in [6.45, 7) is -0.848. The van der Waals surface area contributed by atoms with Crippen molar-refractivity contribution in [3.8, 4) is 0 Å². The van der Waals surface area contributed by atoms with Crippen molar-refractivity contribution in [2.24, 2.45) is 0 Å². The molecule has 2 amide bonds. The Balaban J connectivity index is 2.35. The number of para-hydroxylation sites is 1. The number of carboxylic acids is 1. The molecule has 1 heterocycles. The summed E-state index contributed by atoms with van der Waals surface area (Å²) in [4.78, 5) is 44.6. The van der Waals surface area contributed by atoms with Crippen LogP contribution in [0.5, 0.6) is 0 Å². The lowest BCUT2D eigenvalue weighted by Gasteiger charge is -2.12. The normalized spacial score (nSPS) is 16.6. The number of nitrogens with zero attached hydrogens (tertiary/aromatic N) is 2. The first kappa shape index (κ1) is 14.7. The van der Waals surface area contributed by atoms with E-state index in [1.807, 2.05) is 0 Å².